The molecule has 4 fully saturated rings. The summed E-state index contributed by atoms with van der Waals surface area (Å²) in [4.78, 5) is 12.6. The van der Waals surface area contributed by atoms with Gasteiger partial charge in [0.1, 0.15) is 0 Å². The Morgan fingerprint density at radius 2 is 1.79 bits per heavy atom. The molecule has 4 saturated carbocycles. The molecular weight excluding hydrogens is 412 g/mol. The minimum absolute atomic E-state index is 0.00316. The molecule has 0 aliphatic heterocycles. The monoisotopic (exact) mass is 456 g/mol. The fourth-order valence-electron chi connectivity index (χ4n) is 10.2. The van der Waals surface area contributed by atoms with E-state index in [9.17, 15) is 20.1 Å². The number of hydrogen-bond donors (Lipinski definition) is 3. The van der Waals surface area contributed by atoms with Crippen LogP contribution in [0.1, 0.15) is 91.9 Å². The molecule has 0 aromatic heterocycles. The smallest absolute Gasteiger partial charge is 0.310 e. The lowest BCUT2D eigenvalue weighted by molar-refractivity contribution is -0.215. The third kappa shape index (κ3) is 2.74. The molecule has 33 heavy (non-hydrogen) atoms. The van der Waals surface area contributed by atoms with Crippen molar-refractivity contribution in [2.75, 3.05) is 6.61 Å². The maximum Gasteiger partial charge on any atom is 0.310 e. The molecule has 0 bridgehead atoms. The molecule has 4 nitrogen and oxygen atoms in total. The largest absolute Gasteiger partial charge is 0.481 e. The van der Waals surface area contributed by atoms with Gasteiger partial charge in [0.2, 0.25) is 0 Å². The molecule has 0 aromatic carbocycles. The van der Waals surface area contributed by atoms with Crippen molar-refractivity contribution in [3.05, 3.63) is 23.8 Å². The van der Waals surface area contributed by atoms with E-state index in [-0.39, 0.29) is 28.8 Å². The molecule has 3 N–H and O–H groups in total. The molecule has 4 heteroatoms. The molecule has 5 aliphatic carbocycles. The summed E-state index contributed by atoms with van der Waals surface area (Å²) in [6.45, 7) is 13.8. The van der Waals surface area contributed by atoms with Crippen LogP contribution in [-0.4, -0.2) is 34.0 Å². The first kappa shape index (κ1) is 23.6. The molecule has 0 radical (unpaired) electrons. The summed E-state index contributed by atoms with van der Waals surface area (Å²) in [5.74, 6) is 0.270. The highest BCUT2D eigenvalue weighted by molar-refractivity contribution is 5.77. The number of carbonyl (C=O) groups is 1. The van der Waals surface area contributed by atoms with E-state index in [4.69, 9.17) is 0 Å². The summed E-state index contributed by atoms with van der Waals surface area (Å²) in [5.41, 5.74) is 1.74. The molecule has 9 atom stereocenters. The van der Waals surface area contributed by atoms with Crippen LogP contribution in [0.25, 0.3) is 0 Å². The van der Waals surface area contributed by atoms with Crippen LogP contribution in [0.4, 0.5) is 0 Å². The maximum atomic E-state index is 12.6. The molecule has 0 aromatic rings. The molecule has 184 valence electrons. The Balaban J connectivity index is 1.59. The first-order chi connectivity index (χ1) is 15.4. The Morgan fingerprint density at radius 3 is 2.45 bits per heavy atom. The fraction of sp³-hybridized carbons (Fsp3) is 0.828. The van der Waals surface area contributed by atoms with Crippen molar-refractivity contribution in [2.24, 2.45) is 44.8 Å². The lowest BCUT2D eigenvalue weighted by Crippen LogP contribution is -2.65. The molecular formula is C29H44O4. The topological polar surface area (TPSA) is 77.8 Å². The second-order valence-electron chi connectivity index (χ2n) is 13.5. The van der Waals surface area contributed by atoms with E-state index < -0.39 is 22.9 Å². The van der Waals surface area contributed by atoms with Crippen molar-refractivity contribution < 1.29 is 20.1 Å². The van der Waals surface area contributed by atoms with Gasteiger partial charge in [-0.05, 0) is 92.3 Å². The zero-order valence-corrected chi connectivity index (χ0v) is 21.1. The van der Waals surface area contributed by atoms with Crippen LogP contribution >= 0.6 is 0 Å². The standard InChI is InChI=1S/C29H44O4/c1-18-8-13-29(24(32)33)15-14-27(4)19(20(29)16-18)6-7-22-25(2)11-10-23(31)26(3,17-30)21(25)9-12-28(22,27)5/h6,20-23,30-31H,1,7-17H2,2-5H3,(H,32,33)/t20-,21+,22+,23+,25-,26-,27+,28+,29-/m0/s1. The van der Waals surface area contributed by atoms with Crippen LogP contribution in [-0.2, 0) is 4.79 Å². The molecule has 0 amide bonds. The van der Waals surface area contributed by atoms with Crippen molar-refractivity contribution in [2.45, 2.75) is 98.0 Å². The number of aliphatic carboxylic acids is 1. The highest BCUT2D eigenvalue weighted by Gasteiger charge is 2.69. The zero-order valence-electron chi connectivity index (χ0n) is 21.1. The highest BCUT2D eigenvalue weighted by atomic mass is 16.4. The van der Waals surface area contributed by atoms with Crippen LogP contribution in [0.3, 0.4) is 0 Å². The molecule has 5 rings (SSSR count). The van der Waals surface area contributed by atoms with E-state index in [0.29, 0.717) is 11.8 Å². The number of rotatable bonds is 2. The summed E-state index contributed by atoms with van der Waals surface area (Å²) < 4.78 is 0. The quantitative estimate of drug-likeness (QED) is 0.463. The molecule has 0 heterocycles. The minimum Gasteiger partial charge on any atom is -0.481 e. The van der Waals surface area contributed by atoms with Crippen LogP contribution in [0.15, 0.2) is 23.8 Å². The van der Waals surface area contributed by atoms with Crippen molar-refractivity contribution in [1.29, 1.82) is 0 Å². The van der Waals surface area contributed by atoms with Crippen molar-refractivity contribution in [3.8, 4) is 0 Å². The van der Waals surface area contributed by atoms with Crippen LogP contribution in [0, 0.1) is 44.8 Å². The van der Waals surface area contributed by atoms with Gasteiger partial charge in [0.15, 0.2) is 0 Å². The molecule has 0 unspecified atom stereocenters. The summed E-state index contributed by atoms with van der Waals surface area (Å²) in [6, 6.07) is 0. The van der Waals surface area contributed by atoms with Gasteiger partial charge in [-0.25, -0.2) is 0 Å². The molecule has 5 aliphatic rings. The van der Waals surface area contributed by atoms with Crippen molar-refractivity contribution in [3.63, 3.8) is 0 Å². The number of aliphatic hydroxyl groups excluding tert-OH is 2. The van der Waals surface area contributed by atoms with Gasteiger partial charge in [0, 0.05) is 11.3 Å². The van der Waals surface area contributed by atoms with E-state index in [1.807, 2.05) is 0 Å². The molecule has 0 saturated heterocycles. The van der Waals surface area contributed by atoms with Crippen molar-refractivity contribution in [1.82, 2.24) is 0 Å². The van der Waals surface area contributed by atoms with Gasteiger partial charge >= 0.3 is 5.97 Å². The second kappa shape index (κ2) is 7.20. The number of carboxylic acid groups (broad SMARTS) is 1. The van der Waals surface area contributed by atoms with E-state index in [2.05, 4.69) is 40.3 Å². The van der Waals surface area contributed by atoms with Gasteiger partial charge in [-0.2, -0.15) is 0 Å². The van der Waals surface area contributed by atoms with E-state index in [1.165, 1.54) is 11.1 Å². The SMILES string of the molecule is C=C1CC[C@]2(C(=O)O)CC[C@]3(C)C(=CC[C@@H]4[C@@]5(C)CC[C@@H](O)[C@@](C)(CO)[C@@H]5CC[C@]43C)[C@@H]2C1. The minimum atomic E-state index is -0.624. The maximum absolute atomic E-state index is 12.6. The van der Waals surface area contributed by atoms with E-state index in [1.54, 1.807) is 0 Å². The zero-order chi connectivity index (χ0) is 24.0. The average molecular weight is 457 g/mol. The number of aliphatic hydroxyl groups is 2. The summed E-state index contributed by atoms with van der Waals surface area (Å²) in [6.07, 6.45) is 11.0. The third-order valence-electron chi connectivity index (χ3n) is 12.6. The third-order valence-corrected chi connectivity index (χ3v) is 12.6. The second-order valence-corrected chi connectivity index (χ2v) is 13.5. The van der Waals surface area contributed by atoms with Gasteiger partial charge in [0.05, 0.1) is 18.1 Å². The van der Waals surface area contributed by atoms with E-state index in [0.717, 1.165) is 64.2 Å². The van der Waals surface area contributed by atoms with E-state index >= 15 is 0 Å². The van der Waals surface area contributed by atoms with Gasteiger partial charge < -0.3 is 15.3 Å². The molecule has 0 spiro atoms. The van der Waals surface area contributed by atoms with Crippen LogP contribution in [0.2, 0.25) is 0 Å². The van der Waals surface area contributed by atoms with Gasteiger partial charge in [-0.3, -0.25) is 4.79 Å². The summed E-state index contributed by atoms with van der Waals surface area (Å²) in [5, 5.41) is 31.6. The Hall–Kier alpha value is -1.13. The fourth-order valence-corrected chi connectivity index (χ4v) is 10.2. The highest BCUT2D eigenvalue weighted by Crippen LogP contribution is 2.75. The summed E-state index contributed by atoms with van der Waals surface area (Å²) in [7, 11) is 0. The van der Waals surface area contributed by atoms with Crippen LogP contribution < -0.4 is 0 Å². The Kier molecular flexibility index (Phi) is 5.15. The van der Waals surface area contributed by atoms with Crippen LogP contribution in [0.5, 0.6) is 0 Å². The summed E-state index contributed by atoms with van der Waals surface area (Å²) >= 11 is 0. The Labute approximate surface area is 199 Å². The van der Waals surface area contributed by atoms with Gasteiger partial charge in [-0.15, -0.1) is 0 Å². The van der Waals surface area contributed by atoms with Gasteiger partial charge in [0.25, 0.3) is 0 Å². The first-order valence-electron chi connectivity index (χ1n) is 13.3. The van der Waals surface area contributed by atoms with Crippen molar-refractivity contribution >= 4 is 5.97 Å². The normalized spacial score (nSPS) is 53.8. The predicted octanol–water partition coefficient (Wildman–Crippen LogP) is 5.74. The predicted molar refractivity (Wildman–Crippen MR) is 129 cm³/mol. The number of fused-ring (bicyclic) bond motifs is 7. The lowest BCUT2D eigenvalue weighted by Gasteiger charge is -2.71. The Morgan fingerprint density at radius 1 is 1.06 bits per heavy atom. The number of allylic oxidation sites excluding steroid dienone is 3. The number of hydrogen-bond acceptors (Lipinski definition) is 3. The average Bonchev–Trinajstić information content (AvgIpc) is 2.77. The lowest BCUT2D eigenvalue weighted by atomic mass is 9.34. The first-order valence-corrected chi connectivity index (χ1v) is 13.3. The number of carboxylic acids is 1. The van der Waals surface area contributed by atoms with Gasteiger partial charge in [-0.1, -0.05) is 51.5 Å². The Bertz CT molecular complexity index is 907.